The average Bonchev–Trinajstić information content (AvgIpc) is 2.23. The van der Waals surface area contributed by atoms with Crippen molar-refractivity contribution < 1.29 is 27.8 Å². The van der Waals surface area contributed by atoms with E-state index < -0.39 is 24.7 Å². The number of alkyl halides is 3. The van der Waals surface area contributed by atoms with Crippen molar-refractivity contribution in [3.8, 4) is 5.75 Å². The molecule has 0 aliphatic heterocycles. The number of carboxylic acid groups (broad SMARTS) is 1. The molecule has 0 aromatic heterocycles. The van der Waals surface area contributed by atoms with Crippen LogP contribution in [0.15, 0.2) is 16.6 Å². The summed E-state index contributed by atoms with van der Waals surface area (Å²) in [5, 5.41) is 8.49. The van der Waals surface area contributed by atoms with Crippen molar-refractivity contribution in [3.05, 3.63) is 27.7 Å². The second-order valence-electron chi connectivity index (χ2n) is 4.12. The number of halogens is 4. The van der Waals surface area contributed by atoms with Gasteiger partial charge < -0.3 is 9.84 Å². The molecule has 3 nitrogen and oxygen atoms in total. The monoisotopic (exact) mass is 340 g/mol. The summed E-state index contributed by atoms with van der Waals surface area (Å²) in [6, 6.07) is 2.86. The van der Waals surface area contributed by atoms with Crippen LogP contribution in [0.25, 0.3) is 0 Å². The number of ether oxygens (including phenoxy) is 1. The Labute approximate surface area is 116 Å². The van der Waals surface area contributed by atoms with E-state index in [2.05, 4.69) is 15.9 Å². The van der Waals surface area contributed by atoms with Gasteiger partial charge in [-0.3, -0.25) is 4.79 Å². The molecule has 1 N–H and O–H groups in total. The first kappa shape index (κ1) is 15.8. The number of hydrogen-bond acceptors (Lipinski definition) is 2. The van der Waals surface area contributed by atoms with E-state index in [-0.39, 0.29) is 5.75 Å². The number of aryl methyl sites for hydroxylation is 2. The Balaban J connectivity index is 3.00. The standard InChI is InChI=1S/C12H12BrF3O3/c1-6-3-8(4-7(2)11(6)13)19-9(5-10(17)18)12(14,15)16/h3-4,9H,5H2,1-2H3,(H,17,18). The summed E-state index contributed by atoms with van der Waals surface area (Å²) >= 11 is 3.29. The largest absolute Gasteiger partial charge is 0.481 e. The van der Waals surface area contributed by atoms with Crippen LogP contribution in [-0.4, -0.2) is 23.4 Å². The Morgan fingerprint density at radius 1 is 1.37 bits per heavy atom. The quantitative estimate of drug-likeness (QED) is 0.905. The number of benzene rings is 1. The molecule has 0 aliphatic rings. The molecule has 0 bridgehead atoms. The highest BCUT2D eigenvalue weighted by atomic mass is 79.9. The minimum Gasteiger partial charge on any atom is -0.481 e. The van der Waals surface area contributed by atoms with Crippen molar-refractivity contribution in [2.45, 2.75) is 32.5 Å². The molecule has 0 spiro atoms. The van der Waals surface area contributed by atoms with Crippen molar-refractivity contribution in [2.75, 3.05) is 0 Å². The first-order chi connectivity index (χ1) is 8.61. The van der Waals surface area contributed by atoms with Crippen LogP contribution in [0.4, 0.5) is 13.2 Å². The fourth-order valence-electron chi connectivity index (χ4n) is 1.52. The maximum atomic E-state index is 12.6. The molecule has 1 aromatic rings. The zero-order valence-electron chi connectivity index (χ0n) is 10.2. The van der Waals surface area contributed by atoms with Gasteiger partial charge in [0.1, 0.15) is 5.75 Å². The zero-order valence-corrected chi connectivity index (χ0v) is 11.8. The van der Waals surface area contributed by atoms with Gasteiger partial charge in [0.05, 0.1) is 6.42 Å². The first-order valence-electron chi connectivity index (χ1n) is 5.33. The van der Waals surface area contributed by atoms with Gasteiger partial charge in [0, 0.05) is 4.47 Å². The molecule has 7 heteroatoms. The predicted molar refractivity (Wildman–Crippen MR) is 66.3 cm³/mol. The van der Waals surface area contributed by atoms with E-state index in [1.54, 1.807) is 13.8 Å². The van der Waals surface area contributed by atoms with Crippen molar-refractivity contribution >= 4 is 21.9 Å². The lowest BCUT2D eigenvalue weighted by molar-refractivity contribution is -0.200. The average molecular weight is 341 g/mol. The van der Waals surface area contributed by atoms with Crippen LogP contribution in [0, 0.1) is 13.8 Å². The third-order valence-electron chi connectivity index (χ3n) is 2.41. The SMILES string of the molecule is Cc1cc(OC(CC(=O)O)C(F)(F)F)cc(C)c1Br. The van der Waals surface area contributed by atoms with Crippen molar-refractivity contribution in [3.63, 3.8) is 0 Å². The van der Waals surface area contributed by atoms with Crippen LogP contribution >= 0.6 is 15.9 Å². The Hall–Kier alpha value is -1.24. The molecular weight excluding hydrogens is 329 g/mol. The predicted octanol–water partition coefficient (Wildman–Crippen LogP) is 3.85. The number of carboxylic acids is 1. The summed E-state index contributed by atoms with van der Waals surface area (Å²) in [4.78, 5) is 10.4. The normalized spacial score (nSPS) is 13.2. The van der Waals surface area contributed by atoms with E-state index in [0.717, 1.165) is 4.47 Å². The number of hydrogen-bond donors (Lipinski definition) is 1. The third-order valence-corrected chi connectivity index (χ3v) is 3.66. The van der Waals surface area contributed by atoms with E-state index in [4.69, 9.17) is 9.84 Å². The Kier molecular flexibility index (Phi) is 4.84. The van der Waals surface area contributed by atoms with Crippen molar-refractivity contribution in [1.82, 2.24) is 0 Å². The van der Waals surface area contributed by atoms with Crippen molar-refractivity contribution in [2.24, 2.45) is 0 Å². The van der Waals surface area contributed by atoms with E-state index >= 15 is 0 Å². The Morgan fingerprint density at radius 2 is 1.84 bits per heavy atom. The molecule has 19 heavy (non-hydrogen) atoms. The molecule has 1 rings (SSSR count). The van der Waals surface area contributed by atoms with Gasteiger partial charge in [0.25, 0.3) is 0 Å². The van der Waals surface area contributed by atoms with Gasteiger partial charge >= 0.3 is 12.1 Å². The minimum absolute atomic E-state index is 0.00164. The lowest BCUT2D eigenvalue weighted by Crippen LogP contribution is -2.36. The van der Waals surface area contributed by atoms with Crippen LogP contribution in [-0.2, 0) is 4.79 Å². The number of rotatable bonds is 4. The Morgan fingerprint density at radius 3 is 2.21 bits per heavy atom. The van der Waals surface area contributed by atoms with Gasteiger partial charge in [-0.15, -0.1) is 0 Å². The molecule has 106 valence electrons. The summed E-state index contributed by atoms with van der Waals surface area (Å²) in [6.07, 6.45) is -8.21. The number of aliphatic carboxylic acids is 1. The number of carbonyl (C=O) groups is 1. The van der Waals surface area contributed by atoms with Gasteiger partial charge in [-0.2, -0.15) is 13.2 Å². The molecule has 1 unspecified atom stereocenters. The molecule has 0 saturated heterocycles. The summed E-state index contributed by atoms with van der Waals surface area (Å²) in [6.45, 7) is 3.42. The van der Waals surface area contributed by atoms with E-state index in [1.807, 2.05) is 0 Å². The fraction of sp³-hybridized carbons (Fsp3) is 0.417. The summed E-state index contributed by atoms with van der Waals surface area (Å²) in [5.41, 5.74) is 1.43. The summed E-state index contributed by atoms with van der Waals surface area (Å²) < 4.78 is 43.5. The molecule has 1 atom stereocenters. The molecule has 1 aromatic carbocycles. The summed E-state index contributed by atoms with van der Waals surface area (Å²) in [5.74, 6) is -1.56. The van der Waals surface area contributed by atoms with Gasteiger partial charge in [0.15, 0.2) is 0 Å². The fourth-order valence-corrected chi connectivity index (χ4v) is 1.75. The maximum Gasteiger partial charge on any atom is 0.425 e. The first-order valence-corrected chi connectivity index (χ1v) is 6.12. The third kappa shape index (κ3) is 4.41. The molecular formula is C12H12BrF3O3. The second-order valence-corrected chi connectivity index (χ2v) is 4.91. The van der Waals surface area contributed by atoms with Crippen LogP contribution in [0.3, 0.4) is 0 Å². The van der Waals surface area contributed by atoms with Crippen LogP contribution in [0.2, 0.25) is 0 Å². The van der Waals surface area contributed by atoms with E-state index in [1.165, 1.54) is 12.1 Å². The second kappa shape index (κ2) is 5.81. The summed E-state index contributed by atoms with van der Waals surface area (Å²) in [7, 11) is 0. The van der Waals surface area contributed by atoms with Gasteiger partial charge in [-0.25, -0.2) is 0 Å². The van der Waals surface area contributed by atoms with Gasteiger partial charge in [-0.1, -0.05) is 15.9 Å². The maximum absolute atomic E-state index is 12.6. The highest BCUT2D eigenvalue weighted by Gasteiger charge is 2.43. The van der Waals surface area contributed by atoms with Gasteiger partial charge in [-0.05, 0) is 37.1 Å². The lowest BCUT2D eigenvalue weighted by Gasteiger charge is -2.21. The van der Waals surface area contributed by atoms with Crippen LogP contribution in [0.1, 0.15) is 17.5 Å². The smallest absolute Gasteiger partial charge is 0.425 e. The molecule has 0 fully saturated rings. The van der Waals surface area contributed by atoms with Gasteiger partial charge in [0.2, 0.25) is 6.10 Å². The molecule has 0 radical (unpaired) electrons. The lowest BCUT2D eigenvalue weighted by atomic mass is 10.1. The topological polar surface area (TPSA) is 46.5 Å². The zero-order chi connectivity index (χ0) is 14.8. The van der Waals surface area contributed by atoms with Crippen molar-refractivity contribution in [1.29, 1.82) is 0 Å². The van der Waals surface area contributed by atoms with Crippen LogP contribution in [0.5, 0.6) is 5.75 Å². The highest BCUT2D eigenvalue weighted by molar-refractivity contribution is 9.10. The molecule has 0 saturated carbocycles. The van der Waals surface area contributed by atoms with E-state index in [9.17, 15) is 18.0 Å². The minimum atomic E-state index is -4.73. The molecule has 0 heterocycles. The molecule has 0 aliphatic carbocycles. The highest BCUT2D eigenvalue weighted by Crippen LogP contribution is 2.31. The molecule has 0 amide bonds. The van der Waals surface area contributed by atoms with Crippen LogP contribution < -0.4 is 4.74 Å². The Bertz CT molecular complexity index is 463. The van der Waals surface area contributed by atoms with E-state index in [0.29, 0.717) is 11.1 Å².